The first-order valence-electron chi connectivity index (χ1n) is 15.8. The van der Waals surface area contributed by atoms with Gasteiger partial charge in [0.25, 0.3) is 0 Å². The predicted octanol–water partition coefficient (Wildman–Crippen LogP) is 12.7. The highest BCUT2D eigenvalue weighted by Crippen LogP contribution is 2.66. The fraction of sp³-hybridized carbons (Fsp3) is 0.606. The molecule has 0 saturated heterocycles. The second-order valence-electron chi connectivity index (χ2n) is 10.2. The number of unbranched alkanes of at least 4 members (excludes halogenated alkanes) is 6. The van der Waals surface area contributed by atoms with Crippen LogP contribution in [0.4, 0.5) is 0 Å². The van der Waals surface area contributed by atoms with E-state index in [0.717, 1.165) is 44.6 Å². The van der Waals surface area contributed by atoms with E-state index in [9.17, 15) is 4.79 Å². The lowest BCUT2D eigenvalue weighted by atomic mass is 10.2. The van der Waals surface area contributed by atoms with Gasteiger partial charge in [-0.2, -0.15) is 0 Å². The molecule has 1 aromatic carbocycles. The number of hydrogen-bond acceptors (Lipinski definition) is 12. The summed E-state index contributed by atoms with van der Waals surface area (Å²) in [5.74, 6) is 3.95. The number of carbonyl (C=O) groups excluding carboxylic acids is 1. The van der Waals surface area contributed by atoms with E-state index in [2.05, 4.69) is 43.6 Å². The van der Waals surface area contributed by atoms with E-state index in [0.29, 0.717) is 17.9 Å². The van der Waals surface area contributed by atoms with Gasteiger partial charge in [0.05, 0.1) is 44.7 Å². The van der Waals surface area contributed by atoms with Gasteiger partial charge in [0.15, 0.2) is 0 Å². The highest BCUT2D eigenvalue weighted by atomic mass is 32.3. The zero-order chi connectivity index (χ0) is 32.1. The molecule has 2 aliphatic rings. The molecule has 0 radical (unpaired) electrons. The van der Waals surface area contributed by atoms with E-state index < -0.39 is 0 Å². The highest BCUT2D eigenvalue weighted by Gasteiger charge is 2.30. The lowest BCUT2D eigenvalue weighted by Crippen LogP contribution is -2.04. The van der Waals surface area contributed by atoms with Crippen molar-refractivity contribution in [2.75, 3.05) is 50.4 Å². The fourth-order valence-electron chi connectivity index (χ4n) is 4.04. The minimum atomic E-state index is -0.348. The minimum absolute atomic E-state index is 0.348. The molecular weight excluding hydrogens is 717 g/mol. The zero-order valence-electron chi connectivity index (χ0n) is 27.0. The van der Waals surface area contributed by atoms with E-state index >= 15 is 0 Å². The second-order valence-corrected chi connectivity index (χ2v) is 20.0. The van der Waals surface area contributed by atoms with Gasteiger partial charge in [-0.15, -0.1) is 47.0 Å². The molecule has 0 bridgehead atoms. The number of ether oxygens (including phenoxy) is 3. The molecule has 12 heteroatoms. The van der Waals surface area contributed by atoms with Crippen LogP contribution in [0.3, 0.4) is 0 Å². The van der Waals surface area contributed by atoms with Crippen molar-refractivity contribution in [1.29, 1.82) is 0 Å². The average molecular weight is 765 g/mol. The average Bonchev–Trinajstić information content (AvgIpc) is 3.67. The zero-order valence-corrected chi connectivity index (χ0v) is 33.6. The van der Waals surface area contributed by atoms with Crippen LogP contribution in [0.25, 0.3) is 0 Å². The van der Waals surface area contributed by atoms with Crippen molar-refractivity contribution in [2.24, 2.45) is 0 Å². The number of esters is 1. The van der Waals surface area contributed by atoms with Gasteiger partial charge >= 0.3 is 5.97 Å². The maximum absolute atomic E-state index is 11.7. The Bertz CT molecular complexity index is 1110. The van der Waals surface area contributed by atoms with Crippen molar-refractivity contribution >= 4 is 100 Å². The van der Waals surface area contributed by atoms with Crippen molar-refractivity contribution in [3.05, 3.63) is 55.3 Å². The number of rotatable bonds is 24. The molecule has 0 spiro atoms. The number of benzene rings is 1. The summed E-state index contributed by atoms with van der Waals surface area (Å²) in [7, 11) is 1.39. The summed E-state index contributed by atoms with van der Waals surface area (Å²) in [5, 5.41) is 0. The lowest BCUT2D eigenvalue weighted by molar-refractivity contribution is 0.0600. The third kappa shape index (κ3) is 15.3. The molecule has 252 valence electrons. The molecule has 2 aliphatic heterocycles. The summed E-state index contributed by atoms with van der Waals surface area (Å²) in [6.07, 6.45) is 14.2. The van der Waals surface area contributed by atoms with Crippen LogP contribution in [-0.2, 0) is 9.47 Å². The molecule has 0 N–H and O–H groups in total. The summed E-state index contributed by atoms with van der Waals surface area (Å²) in [6.45, 7) is 6.75. The summed E-state index contributed by atoms with van der Waals surface area (Å²) in [5.41, 5.74) is 0.506. The summed E-state index contributed by atoms with van der Waals surface area (Å²) >= 11 is 16.1. The van der Waals surface area contributed by atoms with Gasteiger partial charge in [-0.3, -0.25) is 0 Å². The van der Waals surface area contributed by atoms with Gasteiger partial charge in [0, 0.05) is 13.2 Å². The Balaban J connectivity index is 1.31. The molecule has 0 aliphatic carbocycles. The molecule has 3 rings (SSSR count). The van der Waals surface area contributed by atoms with E-state index in [1.54, 1.807) is 20.6 Å². The molecule has 0 fully saturated rings. The van der Waals surface area contributed by atoms with E-state index in [-0.39, 0.29) is 5.97 Å². The lowest BCUT2D eigenvalue weighted by Gasteiger charge is -2.08. The molecule has 4 nitrogen and oxygen atoms in total. The SMILES string of the molecule is CCCCCSC1=C(SCCCCC)SC(=C2SC(SC)=C(SCCCCOCCCCOc3cccc(C(=O)OC)c3)S2)S1. The van der Waals surface area contributed by atoms with Gasteiger partial charge < -0.3 is 14.2 Å². The first-order valence-corrected chi connectivity index (χ1v) is 23.3. The Hall–Kier alpha value is 0.470. The fourth-order valence-corrected chi connectivity index (χ4v) is 15.8. The van der Waals surface area contributed by atoms with E-state index in [1.165, 1.54) is 74.1 Å². The normalized spacial score (nSPS) is 15.1. The first-order chi connectivity index (χ1) is 22.1. The number of hydrogen-bond donors (Lipinski definition) is 0. The molecule has 0 atom stereocenters. The largest absolute Gasteiger partial charge is 0.494 e. The van der Waals surface area contributed by atoms with Crippen LogP contribution in [0.2, 0.25) is 0 Å². The van der Waals surface area contributed by atoms with Crippen LogP contribution in [0.15, 0.2) is 49.7 Å². The van der Waals surface area contributed by atoms with Crippen molar-refractivity contribution < 1.29 is 19.0 Å². The monoisotopic (exact) mass is 764 g/mol. The van der Waals surface area contributed by atoms with Crippen LogP contribution in [0, 0.1) is 0 Å². The predicted molar refractivity (Wildman–Crippen MR) is 214 cm³/mol. The van der Waals surface area contributed by atoms with Crippen LogP contribution in [-0.4, -0.2) is 56.4 Å². The van der Waals surface area contributed by atoms with Crippen LogP contribution < -0.4 is 4.74 Å². The summed E-state index contributed by atoms with van der Waals surface area (Å²) < 4.78 is 25.4. The quantitative estimate of drug-likeness (QED) is 0.0744. The van der Waals surface area contributed by atoms with Crippen molar-refractivity contribution in [3.8, 4) is 5.75 Å². The summed E-state index contributed by atoms with van der Waals surface area (Å²) in [6, 6.07) is 7.12. The molecule has 2 heterocycles. The van der Waals surface area contributed by atoms with Gasteiger partial charge in [-0.1, -0.05) is 92.6 Å². The Morgan fingerprint density at radius 2 is 1.20 bits per heavy atom. The third-order valence-electron chi connectivity index (χ3n) is 6.51. The van der Waals surface area contributed by atoms with Crippen LogP contribution in [0.5, 0.6) is 5.75 Å². The van der Waals surface area contributed by atoms with Gasteiger partial charge in [-0.25, -0.2) is 4.79 Å². The number of carbonyl (C=O) groups is 1. The Morgan fingerprint density at radius 1 is 0.689 bits per heavy atom. The van der Waals surface area contributed by atoms with Crippen molar-refractivity contribution in [3.63, 3.8) is 0 Å². The molecule has 1 aromatic rings. The van der Waals surface area contributed by atoms with Crippen LogP contribution >= 0.6 is 94.1 Å². The second kappa shape index (κ2) is 24.6. The molecular formula is C33H48O4S8. The van der Waals surface area contributed by atoms with Gasteiger partial charge in [-0.05, 0) is 80.2 Å². The van der Waals surface area contributed by atoms with E-state index in [4.69, 9.17) is 14.2 Å². The standard InChI is InChI=1S/C33H48O4S8/c1-5-7-12-21-40-30-31(41-22-13-8-6-2)45-33(44-30)32-42-28(38-4)29(43-32)39-23-14-11-19-36-18-9-10-20-37-26-17-15-16-25(24-26)27(34)35-3/h15-17,24H,5-14,18-23H2,1-4H3. The first kappa shape index (κ1) is 39.9. The molecule has 0 saturated carbocycles. The smallest absolute Gasteiger partial charge is 0.337 e. The minimum Gasteiger partial charge on any atom is -0.494 e. The maximum atomic E-state index is 11.7. The van der Waals surface area contributed by atoms with E-state index in [1.807, 2.05) is 82.7 Å². The number of methoxy groups -OCH3 is 1. The van der Waals surface area contributed by atoms with Crippen molar-refractivity contribution in [1.82, 2.24) is 0 Å². The van der Waals surface area contributed by atoms with Gasteiger partial charge in [0.1, 0.15) is 5.75 Å². The Kier molecular flexibility index (Phi) is 21.8. The molecule has 0 aromatic heterocycles. The van der Waals surface area contributed by atoms with Gasteiger partial charge in [0.2, 0.25) is 0 Å². The highest BCUT2D eigenvalue weighted by molar-refractivity contribution is 8.45. The molecule has 0 unspecified atom stereocenters. The molecule has 45 heavy (non-hydrogen) atoms. The Morgan fingerprint density at radius 3 is 1.76 bits per heavy atom. The topological polar surface area (TPSA) is 44.8 Å². The number of thioether (sulfide) groups is 8. The molecule has 0 amide bonds. The summed E-state index contributed by atoms with van der Waals surface area (Å²) in [4.78, 5) is 11.7. The maximum Gasteiger partial charge on any atom is 0.337 e. The van der Waals surface area contributed by atoms with Crippen LogP contribution in [0.1, 0.15) is 88.4 Å². The third-order valence-corrected chi connectivity index (χ3v) is 18.2. The Labute approximate surface area is 306 Å². The van der Waals surface area contributed by atoms with Crippen molar-refractivity contribution in [2.45, 2.75) is 78.1 Å².